The molecular formula is C15H20N2O3. The number of nitrogens with two attached hydrogens (primary N) is 1. The molecule has 0 radical (unpaired) electrons. The number of carboxylic acid groups (broad SMARTS) is 1. The molecule has 5 heteroatoms. The number of hydrogen-bond donors (Lipinski definition) is 2. The fourth-order valence-electron chi connectivity index (χ4n) is 2.65. The number of anilines is 1. The highest BCUT2D eigenvalue weighted by atomic mass is 16.4. The van der Waals surface area contributed by atoms with Gasteiger partial charge in [0.2, 0.25) is 0 Å². The summed E-state index contributed by atoms with van der Waals surface area (Å²) in [4.78, 5) is 25.0. The summed E-state index contributed by atoms with van der Waals surface area (Å²) in [6.45, 7) is 3.09. The van der Waals surface area contributed by atoms with E-state index in [1.54, 1.807) is 23.1 Å². The van der Waals surface area contributed by atoms with Crippen LogP contribution in [-0.4, -0.2) is 35.0 Å². The van der Waals surface area contributed by atoms with Crippen molar-refractivity contribution < 1.29 is 14.7 Å². The Morgan fingerprint density at radius 2 is 2.20 bits per heavy atom. The predicted octanol–water partition coefficient (Wildman–Crippen LogP) is 1.90. The van der Waals surface area contributed by atoms with Gasteiger partial charge in [0.05, 0.1) is 0 Å². The summed E-state index contributed by atoms with van der Waals surface area (Å²) >= 11 is 0. The zero-order valence-corrected chi connectivity index (χ0v) is 11.6. The summed E-state index contributed by atoms with van der Waals surface area (Å²) in [6.07, 6.45) is 1.86. The van der Waals surface area contributed by atoms with E-state index < -0.39 is 5.97 Å². The molecule has 1 fully saturated rings. The fourth-order valence-corrected chi connectivity index (χ4v) is 2.65. The number of amides is 1. The Morgan fingerprint density at radius 1 is 1.45 bits per heavy atom. The highest BCUT2D eigenvalue weighted by Gasteiger charge is 2.26. The average molecular weight is 276 g/mol. The first-order valence-corrected chi connectivity index (χ1v) is 6.84. The van der Waals surface area contributed by atoms with E-state index in [2.05, 4.69) is 0 Å². The van der Waals surface area contributed by atoms with Gasteiger partial charge in [0, 0.05) is 30.8 Å². The Balaban J connectivity index is 2.08. The quantitative estimate of drug-likeness (QED) is 0.826. The van der Waals surface area contributed by atoms with Gasteiger partial charge in [0.25, 0.3) is 5.91 Å². The van der Waals surface area contributed by atoms with E-state index in [1.165, 1.54) is 0 Å². The van der Waals surface area contributed by atoms with Crippen molar-refractivity contribution in [1.29, 1.82) is 0 Å². The maximum absolute atomic E-state index is 12.4. The first-order valence-electron chi connectivity index (χ1n) is 6.84. The van der Waals surface area contributed by atoms with Crippen molar-refractivity contribution in [1.82, 2.24) is 4.90 Å². The lowest BCUT2D eigenvalue weighted by atomic mass is 9.94. The summed E-state index contributed by atoms with van der Waals surface area (Å²) in [7, 11) is 0. The Hall–Kier alpha value is -2.04. The number of carbonyl (C=O) groups excluding carboxylic acids is 1. The van der Waals surface area contributed by atoms with Crippen LogP contribution in [0.3, 0.4) is 0 Å². The number of aryl methyl sites for hydroxylation is 1. The van der Waals surface area contributed by atoms with Crippen molar-refractivity contribution in [3.63, 3.8) is 0 Å². The molecule has 1 aromatic rings. The smallest absolute Gasteiger partial charge is 0.303 e. The number of likely N-dealkylation sites (tertiary alicyclic amines) is 1. The molecule has 1 amide bonds. The van der Waals surface area contributed by atoms with Crippen LogP contribution in [0.5, 0.6) is 0 Å². The predicted molar refractivity (Wildman–Crippen MR) is 76.5 cm³/mol. The van der Waals surface area contributed by atoms with Crippen LogP contribution in [0.25, 0.3) is 0 Å². The molecule has 0 aliphatic carbocycles. The standard InChI is InChI=1S/C15H20N2O3/c1-10-7-12(4-5-13(10)16)15(20)17-6-2-3-11(9-17)8-14(18)19/h4-5,7,11H,2-3,6,8-9,16H2,1H3,(H,18,19). The Bertz CT molecular complexity index is 528. The van der Waals surface area contributed by atoms with E-state index in [4.69, 9.17) is 10.8 Å². The van der Waals surface area contributed by atoms with Crippen LogP contribution >= 0.6 is 0 Å². The molecule has 1 aromatic carbocycles. The Labute approximate surface area is 118 Å². The van der Waals surface area contributed by atoms with Crippen LogP contribution in [-0.2, 0) is 4.79 Å². The number of piperidine rings is 1. The summed E-state index contributed by atoms with van der Waals surface area (Å²) in [5.41, 5.74) is 7.93. The normalized spacial score (nSPS) is 18.9. The third-order valence-electron chi connectivity index (χ3n) is 3.79. The topological polar surface area (TPSA) is 83.6 Å². The van der Waals surface area contributed by atoms with E-state index in [0.717, 1.165) is 18.4 Å². The Morgan fingerprint density at radius 3 is 2.85 bits per heavy atom. The third-order valence-corrected chi connectivity index (χ3v) is 3.79. The molecule has 1 aliphatic rings. The molecule has 1 unspecified atom stereocenters. The molecule has 0 spiro atoms. The summed E-state index contributed by atoms with van der Waals surface area (Å²) in [5.74, 6) is -0.782. The van der Waals surface area contributed by atoms with Crippen molar-refractivity contribution in [2.75, 3.05) is 18.8 Å². The van der Waals surface area contributed by atoms with E-state index in [-0.39, 0.29) is 18.2 Å². The minimum Gasteiger partial charge on any atom is -0.481 e. The number of carboxylic acids is 1. The zero-order chi connectivity index (χ0) is 14.7. The minimum atomic E-state index is -0.798. The second-order valence-electron chi connectivity index (χ2n) is 5.43. The molecule has 3 N–H and O–H groups in total. The SMILES string of the molecule is Cc1cc(C(=O)N2CCCC(CC(=O)O)C2)ccc1N. The maximum atomic E-state index is 12.4. The number of benzene rings is 1. The fraction of sp³-hybridized carbons (Fsp3) is 0.467. The van der Waals surface area contributed by atoms with Gasteiger partial charge in [-0.2, -0.15) is 0 Å². The van der Waals surface area contributed by atoms with Crippen LogP contribution in [0.2, 0.25) is 0 Å². The van der Waals surface area contributed by atoms with Gasteiger partial charge in [-0.05, 0) is 49.4 Å². The van der Waals surface area contributed by atoms with Crippen molar-refractivity contribution in [2.24, 2.45) is 5.92 Å². The maximum Gasteiger partial charge on any atom is 0.303 e. The molecule has 0 aromatic heterocycles. The van der Waals surface area contributed by atoms with Crippen molar-refractivity contribution in [3.05, 3.63) is 29.3 Å². The number of hydrogen-bond acceptors (Lipinski definition) is 3. The minimum absolute atomic E-state index is 0.0387. The summed E-state index contributed by atoms with van der Waals surface area (Å²) < 4.78 is 0. The molecule has 1 atom stereocenters. The number of nitrogen functional groups attached to an aromatic ring is 1. The second kappa shape index (κ2) is 5.94. The monoisotopic (exact) mass is 276 g/mol. The van der Waals surface area contributed by atoms with Crippen LogP contribution in [0.1, 0.15) is 35.2 Å². The molecule has 2 rings (SSSR count). The van der Waals surface area contributed by atoms with Gasteiger partial charge in [-0.25, -0.2) is 0 Å². The molecule has 0 bridgehead atoms. The van der Waals surface area contributed by atoms with Crippen LogP contribution in [0.4, 0.5) is 5.69 Å². The Kier molecular flexibility index (Phi) is 4.27. The average Bonchev–Trinajstić information content (AvgIpc) is 2.40. The van der Waals surface area contributed by atoms with Gasteiger partial charge in [-0.1, -0.05) is 0 Å². The summed E-state index contributed by atoms with van der Waals surface area (Å²) in [6, 6.07) is 5.26. The van der Waals surface area contributed by atoms with Crippen LogP contribution in [0, 0.1) is 12.8 Å². The van der Waals surface area contributed by atoms with Gasteiger partial charge in [-0.3, -0.25) is 9.59 Å². The highest BCUT2D eigenvalue weighted by Crippen LogP contribution is 2.22. The first kappa shape index (κ1) is 14.4. The lowest BCUT2D eigenvalue weighted by molar-refractivity contribution is -0.138. The van der Waals surface area contributed by atoms with Crippen molar-refractivity contribution >= 4 is 17.6 Å². The number of nitrogens with zero attached hydrogens (tertiary/aromatic N) is 1. The van der Waals surface area contributed by atoms with E-state index in [0.29, 0.717) is 24.3 Å². The third kappa shape index (κ3) is 3.29. The van der Waals surface area contributed by atoms with Crippen LogP contribution < -0.4 is 5.73 Å². The van der Waals surface area contributed by atoms with E-state index >= 15 is 0 Å². The number of aliphatic carboxylic acids is 1. The molecule has 1 heterocycles. The van der Waals surface area contributed by atoms with Gasteiger partial charge in [0.1, 0.15) is 0 Å². The highest BCUT2D eigenvalue weighted by molar-refractivity contribution is 5.95. The second-order valence-corrected chi connectivity index (χ2v) is 5.43. The zero-order valence-electron chi connectivity index (χ0n) is 11.6. The molecule has 108 valence electrons. The molecule has 0 saturated carbocycles. The molecule has 1 saturated heterocycles. The number of carbonyl (C=O) groups is 2. The van der Waals surface area contributed by atoms with E-state index in [9.17, 15) is 9.59 Å². The number of rotatable bonds is 3. The largest absolute Gasteiger partial charge is 0.481 e. The molecule has 1 aliphatic heterocycles. The lowest BCUT2D eigenvalue weighted by Crippen LogP contribution is -2.40. The van der Waals surface area contributed by atoms with Gasteiger partial charge >= 0.3 is 5.97 Å². The molecule has 20 heavy (non-hydrogen) atoms. The van der Waals surface area contributed by atoms with Gasteiger partial charge in [-0.15, -0.1) is 0 Å². The summed E-state index contributed by atoms with van der Waals surface area (Å²) in [5, 5.41) is 8.86. The van der Waals surface area contributed by atoms with Crippen LogP contribution in [0.15, 0.2) is 18.2 Å². The van der Waals surface area contributed by atoms with Crippen molar-refractivity contribution in [3.8, 4) is 0 Å². The molecular weight excluding hydrogens is 256 g/mol. The van der Waals surface area contributed by atoms with Gasteiger partial charge < -0.3 is 15.7 Å². The van der Waals surface area contributed by atoms with Crippen molar-refractivity contribution in [2.45, 2.75) is 26.2 Å². The van der Waals surface area contributed by atoms with Gasteiger partial charge in [0.15, 0.2) is 0 Å². The lowest BCUT2D eigenvalue weighted by Gasteiger charge is -2.32. The van der Waals surface area contributed by atoms with E-state index in [1.807, 2.05) is 6.92 Å². The first-order chi connectivity index (χ1) is 9.47. The molecule has 5 nitrogen and oxygen atoms in total.